The Kier molecular flexibility index (Phi) is 5.49. The molecule has 2 rings (SSSR count). The highest BCUT2D eigenvalue weighted by Crippen LogP contribution is 2.17. The molecule has 0 fully saturated rings. The van der Waals surface area contributed by atoms with Crippen molar-refractivity contribution in [2.75, 3.05) is 7.05 Å². The lowest BCUT2D eigenvalue weighted by atomic mass is 10.1. The lowest BCUT2D eigenvalue weighted by Crippen LogP contribution is -2.28. The predicted octanol–water partition coefficient (Wildman–Crippen LogP) is 3.52. The molecule has 0 atom stereocenters. The van der Waals surface area contributed by atoms with Crippen molar-refractivity contribution in [2.24, 2.45) is 0 Å². The van der Waals surface area contributed by atoms with Crippen LogP contribution in [0.4, 0.5) is 8.78 Å². The topological polar surface area (TPSA) is 38.1 Å². The largest absolute Gasteiger partial charge is 0.338 e. The third-order valence-electron chi connectivity index (χ3n) is 3.33. The van der Waals surface area contributed by atoms with Crippen molar-refractivity contribution >= 4 is 17.5 Å². The summed E-state index contributed by atoms with van der Waals surface area (Å²) < 4.78 is 26.2. The second-order valence-corrected chi connectivity index (χ2v) is 5.28. The van der Waals surface area contributed by atoms with Crippen LogP contribution >= 0.6 is 11.6 Å². The zero-order valence-electron chi connectivity index (χ0n) is 12.0. The van der Waals surface area contributed by atoms with E-state index in [-0.39, 0.29) is 24.7 Å². The fraction of sp³-hybridized carbons (Fsp3) is 0.333. The number of halogens is 3. The molecule has 2 aromatic rings. The number of hydrogen-bond donors (Lipinski definition) is 0. The third kappa shape index (κ3) is 4.04. The minimum atomic E-state index is -2.66. The van der Waals surface area contributed by atoms with Crippen molar-refractivity contribution in [2.45, 2.75) is 25.9 Å². The van der Waals surface area contributed by atoms with E-state index in [1.807, 2.05) is 18.2 Å². The Balaban J connectivity index is 1.92. The highest BCUT2D eigenvalue weighted by atomic mass is 35.5. The SMILES string of the molecule is CN(Cc1nccn1C(F)F)C(=O)CCc1ccccc1Cl. The highest BCUT2D eigenvalue weighted by molar-refractivity contribution is 6.31. The van der Waals surface area contributed by atoms with Crippen LogP contribution in [0.1, 0.15) is 24.4 Å². The molecule has 1 aromatic heterocycles. The summed E-state index contributed by atoms with van der Waals surface area (Å²) in [6, 6.07) is 7.31. The summed E-state index contributed by atoms with van der Waals surface area (Å²) in [5, 5.41) is 0.617. The summed E-state index contributed by atoms with van der Waals surface area (Å²) >= 11 is 6.04. The summed E-state index contributed by atoms with van der Waals surface area (Å²) in [4.78, 5) is 17.3. The fourth-order valence-corrected chi connectivity index (χ4v) is 2.31. The molecule has 0 aliphatic rings. The van der Waals surface area contributed by atoms with E-state index in [1.165, 1.54) is 17.3 Å². The van der Waals surface area contributed by atoms with E-state index in [9.17, 15) is 13.6 Å². The Morgan fingerprint density at radius 2 is 2.14 bits per heavy atom. The van der Waals surface area contributed by atoms with Gasteiger partial charge in [0.25, 0.3) is 0 Å². The van der Waals surface area contributed by atoms with Crippen LogP contribution in [0, 0.1) is 0 Å². The number of amides is 1. The number of nitrogens with zero attached hydrogens (tertiary/aromatic N) is 3. The number of carbonyl (C=O) groups is 1. The molecule has 0 unspecified atom stereocenters. The number of benzene rings is 1. The number of imidazole rings is 1. The first kappa shape index (κ1) is 16.4. The summed E-state index contributed by atoms with van der Waals surface area (Å²) in [7, 11) is 1.57. The molecule has 0 N–H and O–H groups in total. The van der Waals surface area contributed by atoms with Gasteiger partial charge in [-0.15, -0.1) is 0 Å². The molecule has 0 saturated heterocycles. The lowest BCUT2D eigenvalue weighted by molar-refractivity contribution is -0.130. The number of aryl methyl sites for hydroxylation is 1. The smallest absolute Gasteiger partial charge is 0.319 e. The Labute approximate surface area is 132 Å². The highest BCUT2D eigenvalue weighted by Gasteiger charge is 2.16. The second kappa shape index (κ2) is 7.35. The van der Waals surface area contributed by atoms with Crippen molar-refractivity contribution in [3.63, 3.8) is 0 Å². The van der Waals surface area contributed by atoms with Gasteiger partial charge in [0.2, 0.25) is 5.91 Å². The molecule has 0 bridgehead atoms. The van der Waals surface area contributed by atoms with Gasteiger partial charge in [-0.3, -0.25) is 9.36 Å². The number of aromatic nitrogens is 2. The average Bonchev–Trinajstić information content (AvgIpc) is 2.94. The maximum Gasteiger partial charge on any atom is 0.319 e. The average molecular weight is 328 g/mol. The monoisotopic (exact) mass is 327 g/mol. The molecule has 4 nitrogen and oxygen atoms in total. The van der Waals surface area contributed by atoms with Gasteiger partial charge < -0.3 is 4.90 Å². The molecule has 0 aliphatic heterocycles. The van der Waals surface area contributed by atoms with Crippen molar-refractivity contribution < 1.29 is 13.6 Å². The van der Waals surface area contributed by atoms with E-state index < -0.39 is 6.55 Å². The first-order chi connectivity index (χ1) is 10.5. The van der Waals surface area contributed by atoms with Gasteiger partial charge in [0.15, 0.2) is 0 Å². The van der Waals surface area contributed by atoms with Crippen LogP contribution < -0.4 is 0 Å². The molecule has 1 amide bonds. The zero-order valence-corrected chi connectivity index (χ0v) is 12.8. The summed E-state index contributed by atoms with van der Waals surface area (Å²) in [6.07, 6.45) is 3.26. The number of hydrogen-bond acceptors (Lipinski definition) is 2. The third-order valence-corrected chi connectivity index (χ3v) is 3.70. The van der Waals surface area contributed by atoms with Gasteiger partial charge in [-0.25, -0.2) is 4.98 Å². The second-order valence-electron chi connectivity index (χ2n) is 4.87. The van der Waals surface area contributed by atoms with Gasteiger partial charge in [-0.05, 0) is 18.1 Å². The fourth-order valence-electron chi connectivity index (χ4n) is 2.08. The van der Waals surface area contributed by atoms with Crippen LogP contribution in [0.2, 0.25) is 5.02 Å². The van der Waals surface area contributed by atoms with Crippen LogP contribution in [0.5, 0.6) is 0 Å². The predicted molar refractivity (Wildman–Crippen MR) is 79.7 cm³/mol. The molecular formula is C15H16ClF2N3O. The first-order valence-electron chi connectivity index (χ1n) is 6.76. The molecule has 0 radical (unpaired) electrons. The van der Waals surface area contributed by atoms with Crippen molar-refractivity contribution in [1.82, 2.24) is 14.5 Å². The lowest BCUT2D eigenvalue weighted by Gasteiger charge is -2.17. The van der Waals surface area contributed by atoms with E-state index in [0.29, 0.717) is 11.4 Å². The van der Waals surface area contributed by atoms with Gasteiger partial charge in [0.1, 0.15) is 5.82 Å². The normalized spacial score (nSPS) is 11.0. The van der Waals surface area contributed by atoms with Gasteiger partial charge in [-0.2, -0.15) is 8.78 Å². The number of carbonyl (C=O) groups excluding carboxylic acids is 1. The van der Waals surface area contributed by atoms with Gasteiger partial charge in [0, 0.05) is 30.9 Å². The van der Waals surface area contributed by atoms with Crippen molar-refractivity contribution in [1.29, 1.82) is 0 Å². The summed E-state index contributed by atoms with van der Waals surface area (Å²) in [6.45, 7) is -2.62. The number of rotatable bonds is 6. The number of alkyl halides is 2. The Morgan fingerprint density at radius 3 is 2.82 bits per heavy atom. The molecule has 0 saturated carbocycles. The van der Waals surface area contributed by atoms with Crippen LogP contribution in [-0.2, 0) is 17.8 Å². The molecule has 1 aromatic carbocycles. The molecule has 118 valence electrons. The van der Waals surface area contributed by atoms with E-state index in [2.05, 4.69) is 4.98 Å². The first-order valence-corrected chi connectivity index (χ1v) is 7.14. The summed E-state index contributed by atoms with van der Waals surface area (Å²) in [5.74, 6) is 0.00679. The molecule has 1 heterocycles. The van der Waals surface area contributed by atoms with E-state index in [1.54, 1.807) is 13.1 Å². The molecule has 22 heavy (non-hydrogen) atoms. The van der Waals surface area contributed by atoms with Crippen molar-refractivity contribution in [3.8, 4) is 0 Å². The zero-order chi connectivity index (χ0) is 16.1. The summed E-state index contributed by atoms with van der Waals surface area (Å²) in [5.41, 5.74) is 0.889. The van der Waals surface area contributed by atoms with Crippen LogP contribution in [0.25, 0.3) is 0 Å². The minimum Gasteiger partial charge on any atom is -0.338 e. The van der Waals surface area contributed by atoms with Crippen LogP contribution in [0.3, 0.4) is 0 Å². The van der Waals surface area contributed by atoms with Crippen LogP contribution in [0.15, 0.2) is 36.7 Å². The maximum absolute atomic E-state index is 12.7. The van der Waals surface area contributed by atoms with Gasteiger partial charge in [-0.1, -0.05) is 29.8 Å². The van der Waals surface area contributed by atoms with E-state index >= 15 is 0 Å². The quantitative estimate of drug-likeness (QED) is 0.814. The van der Waals surface area contributed by atoms with Crippen LogP contribution in [-0.4, -0.2) is 27.4 Å². The maximum atomic E-state index is 12.7. The van der Waals surface area contributed by atoms with E-state index in [0.717, 1.165) is 10.1 Å². The van der Waals surface area contributed by atoms with E-state index in [4.69, 9.17) is 11.6 Å². The standard InChI is InChI=1S/C15H16ClF2N3O/c1-20(10-13-19-8-9-21(13)15(17)18)14(22)7-6-11-4-2-3-5-12(11)16/h2-5,8-9,15H,6-7,10H2,1H3. The Hall–Kier alpha value is -1.95. The van der Waals surface area contributed by atoms with Crippen molar-refractivity contribution in [3.05, 3.63) is 53.1 Å². The van der Waals surface area contributed by atoms with Gasteiger partial charge >= 0.3 is 6.55 Å². The molecule has 0 spiro atoms. The molecule has 7 heteroatoms. The molecule has 0 aliphatic carbocycles. The Bertz CT molecular complexity index is 645. The van der Waals surface area contributed by atoms with Gasteiger partial charge in [0.05, 0.1) is 6.54 Å². The minimum absolute atomic E-state index is 0.0404. The Morgan fingerprint density at radius 1 is 1.41 bits per heavy atom. The molecular weight excluding hydrogens is 312 g/mol.